The molecule has 3 N–H and O–H groups in total. The molecule has 0 aliphatic carbocycles. The maximum atomic E-state index is 13.2. The molecule has 9 heteroatoms. The number of hydrogen-bond acceptors (Lipinski definition) is 6. The first-order valence-electron chi connectivity index (χ1n) is 11.3. The van der Waals surface area contributed by atoms with Crippen LogP contribution < -0.4 is 10.5 Å². The zero-order chi connectivity index (χ0) is 25.1. The summed E-state index contributed by atoms with van der Waals surface area (Å²) in [6.45, 7) is 0.511. The predicted molar refractivity (Wildman–Crippen MR) is 138 cm³/mol. The highest BCUT2D eigenvalue weighted by Gasteiger charge is 2.19. The minimum Gasteiger partial charge on any atom is -0.364 e. The quantitative estimate of drug-likeness (QED) is 0.312. The molecule has 3 aromatic carbocycles. The Morgan fingerprint density at radius 1 is 0.889 bits per heavy atom. The molecular weight excluding hydrogens is 474 g/mol. The summed E-state index contributed by atoms with van der Waals surface area (Å²) in [5, 5.41) is 13.1. The summed E-state index contributed by atoms with van der Waals surface area (Å²) in [6.07, 6.45) is 1.73. The Labute approximate surface area is 208 Å². The summed E-state index contributed by atoms with van der Waals surface area (Å²) in [5.74, 6) is 0.204. The van der Waals surface area contributed by atoms with Crippen LogP contribution in [0, 0.1) is 0 Å². The van der Waals surface area contributed by atoms with Gasteiger partial charge < -0.3 is 5.32 Å². The minimum atomic E-state index is -3.88. The molecule has 5 rings (SSSR count). The lowest BCUT2D eigenvalue weighted by Gasteiger charge is -2.11. The smallest absolute Gasteiger partial charge is 0.238 e. The molecule has 0 fully saturated rings. The van der Waals surface area contributed by atoms with Crippen LogP contribution >= 0.6 is 0 Å². The minimum absolute atomic E-state index is 0.0225. The van der Waals surface area contributed by atoms with E-state index in [4.69, 9.17) is 5.14 Å². The number of nitrogens with zero attached hydrogens (tertiary/aromatic N) is 3. The van der Waals surface area contributed by atoms with E-state index in [0.717, 1.165) is 22.2 Å². The number of ketones is 1. The highest BCUT2D eigenvalue weighted by Crippen LogP contribution is 2.30. The Hall–Kier alpha value is -4.34. The fraction of sp³-hybridized carbons (Fsp3) is 0.0741. The molecule has 8 nitrogen and oxygen atoms in total. The molecule has 0 bridgehead atoms. The average molecular weight is 498 g/mol. The molecule has 0 amide bonds. The van der Waals surface area contributed by atoms with Crippen LogP contribution in [0.2, 0.25) is 0 Å². The first-order valence-corrected chi connectivity index (χ1v) is 12.8. The van der Waals surface area contributed by atoms with E-state index in [2.05, 4.69) is 15.4 Å². The van der Waals surface area contributed by atoms with Gasteiger partial charge in [-0.05, 0) is 34.9 Å². The lowest BCUT2D eigenvalue weighted by atomic mass is 10.1. The summed E-state index contributed by atoms with van der Waals surface area (Å²) in [7, 11) is -3.88. The van der Waals surface area contributed by atoms with Crippen molar-refractivity contribution >= 4 is 27.1 Å². The van der Waals surface area contributed by atoms with Crippen LogP contribution in [0.4, 0.5) is 5.82 Å². The molecule has 180 valence electrons. The van der Waals surface area contributed by atoms with Crippen LogP contribution in [0.15, 0.2) is 102 Å². The van der Waals surface area contributed by atoms with Crippen molar-refractivity contribution in [2.75, 3.05) is 5.32 Å². The number of primary sulfonamides is 1. The van der Waals surface area contributed by atoms with Crippen molar-refractivity contribution in [3.63, 3.8) is 0 Å². The fourth-order valence-corrected chi connectivity index (χ4v) is 4.58. The fourth-order valence-electron chi connectivity index (χ4n) is 4.00. The number of sulfonamides is 1. The first-order chi connectivity index (χ1) is 17.4. The van der Waals surface area contributed by atoms with Gasteiger partial charge in [-0.3, -0.25) is 4.79 Å². The van der Waals surface area contributed by atoms with Crippen LogP contribution in [-0.2, 0) is 23.0 Å². The molecule has 0 spiro atoms. The number of rotatable bonds is 8. The number of benzene rings is 3. The number of fused-ring (bicyclic) bond motifs is 1. The third-order valence-electron chi connectivity index (χ3n) is 5.74. The molecule has 0 unspecified atom stereocenters. The Balaban J connectivity index is 1.53. The Morgan fingerprint density at radius 2 is 1.58 bits per heavy atom. The van der Waals surface area contributed by atoms with Gasteiger partial charge in [0.15, 0.2) is 5.82 Å². The molecule has 0 saturated heterocycles. The van der Waals surface area contributed by atoms with Gasteiger partial charge in [-0.2, -0.15) is 0 Å². The van der Waals surface area contributed by atoms with Crippen molar-refractivity contribution in [2.24, 2.45) is 5.14 Å². The summed E-state index contributed by atoms with van der Waals surface area (Å²) in [6, 6.07) is 27.7. The van der Waals surface area contributed by atoms with Crippen molar-refractivity contribution < 1.29 is 13.2 Å². The number of nitrogens with two attached hydrogens (primary N) is 1. The zero-order valence-electron chi connectivity index (χ0n) is 19.2. The standard InChI is InChI=1S/C27H23N5O3S/c28-36(34,35)22-13-7-10-20(16-22)17-24(33)26-30-27(29-18-19-8-3-1-4-9-19)25-23(14-15-32(25)31-26)21-11-5-2-6-12-21/h1-16H,17-18H2,(H2,28,34,35)(H,29,30,31). The lowest BCUT2D eigenvalue weighted by molar-refractivity contribution is 0.0981. The Kier molecular flexibility index (Phi) is 6.32. The molecule has 0 atom stereocenters. The van der Waals surface area contributed by atoms with Gasteiger partial charge in [-0.15, -0.1) is 5.10 Å². The van der Waals surface area contributed by atoms with E-state index in [0.29, 0.717) is 17.9 Å². The summed E-state index contributed by atoms with van der Waals surface area (Å²) < 4.78 is 25.0. The molecule has 0 aliphatic rings. The largest absolute Gasteiger partial charge is 0.364 e. The summed E-state index contributed by atoms with van der Waals surface area (Å²) in [4.78, 5) is 17.7. The van der Waals surface area contributed by atoms with Gasteiger partial charge in [-0.25, -0.2) is 23.1 Å². The van der Waals surface area contributed by atoms with Gasteiger partial charge >= 0.3 is 0 Å². The monoisotopic (exact) mass is 497 g/mol. The van der Waals surface area contributed by atoms with Crippen molar-refractivity contribution in [3.05, 3.63) is 114 Å². The van der Waals surface area contributed by atoms with Crippen molar-refractivity contribution in [3.8, 4) is 11.1 Å². The number of Topliss-reactive ketones (excluding diaryl/α,β-unsaturated/α-hetero) is 1. The number of carbonyl (C=O) groups excluding carboxylic acids is 1. The normalized spacial score (nSPS) is 11.5. The van der Waals surface area contributed by atoms with Gasteiger partial charge in [0.1, 0.15) is 5.52 Å². The average Bonchev–Trinajstić information content (AvgIpc) is 3.32. The van der Waals surface area contributed by atoms with E-state index in [1.165, 1.54) is 12.1 Å². The van der Waals surface area contributed by atoms with Crippen LogP contribution in [0.25, 0.3) is 16.6 Å². The zero-order valence-corrected chi connectivity index (χ0v) is 20.0. The Bertz CT molecular complexity index is 1650. The predicted octanol–water partition coefficient (Wildman–Crippen LogP) is 4.08. The second-order valence-corrected chi connectivity index (χ2v) is 9.87. The van der Waals surface area contributed by atoms with Gasteiger partial charge in [0, 0.05) is 24.7 Å². The first kappa shape index (κ1) is 23.4. The molecule has 2 aromatic heterocycles. The molecule has 0 saturated carbocycles. The number of anilines is 1. The molecule has 36 heavy (non-hydrogen) atoms. The maximum Gasteiger partial charge on any atom is 0.238 e. The van der Waals surface area contributed by atoms with Crippen molar-refractivity contribution in [1.29, 1.82) is 0 Å². The van der Waals surface area contributed by atoms with Crippen LogP contribution in [0.3, 0.4) is 0 Å². The van der Waals surface area contributed by atoms with Crippen LogP contribution in [0.5, 0.6) is 0 Å². The Morgan fingerprint density at radius 3 is 2.31 bits per heavy atom. The second-order valence-electron chi connectivity index (χ2n) is 8.30. The van der Waals surface area contributed by atoms with Crippen molar-refractivity contribution in [2.45, 2.75) is 17.9 Å². The molecule has 5 aromatic rings. The summed E-state index contributed by atoms with van der Waals surface area (Å²) in [5.41, 5.74) is 4.27. The van der Waals surface area contributed by atoms with E-state index < -0.39 is 10.0 Å². The molecule has 0 radical (unpaired) electrons. The van der Waals surface area contributed by atoms with Gasteiger partial charge in [-0.1, -0.05) is 72.8 Å². The SMILES string of the molecule is NS(=O)(=O)c1cccc(CC(=O)c2nc(NCc3ccccc3)c3c(-c4ccccc4)ccn3n2)c1. The van der Waals surface area contributed by atoms with E-state index in [-0.39, 0.29) is 22.9 Å². The molecule has 2 heterocycles. The van der Waals surface area contributed by atoms with E-state index in [9.17, 15) is 13.2 Å². The lowest BCUT2D eigenvalue weighted by Crippen LogP contribution is -2.15. The maximum absolute atomic E-state index is 13.2. The van der Waals surface area contributed by atoms with E-state index in [1.54, 1.807) is 22.8 Å². The number of carbonyl (C=O) groups is 1. The number of aromatic nitrogens is 3. The molecular formula is C27H23N5O3S. The highest BCUT2D eigenvalue weighted by molar-refractivity contribution is 7.89. The van der Waals surface area contributed by atoms with Crippen LogP contribution in [-0.4, -0.2) is 28.8 Å². The summed E-state index contributed by atoms with van der Waals surface area (Å²) >= 11 is 0. The number of hydrogen-bond donors (Lipinski definition) is 2. The van der Waals surface area contributed by atoms with Gasteiger partial charge in [0.25, 0.3) is 0 Å². The van der Waals surface area contributed by atoms with E-state index in [1.807, 2.05) is 66.7 Å². The topological polar surface area (TPSA) is 119 Å². The second kappa shape index (κ2) is 9.73. The highest BCUT2D eigenvalue weighted by atomic mass is 32.2. The third-order valence-corrected chi connectivity index (χ3v) is 6.65. The molecule has 0 aliphatic heterocycles. The third kappa shape index (κ3) is 5.02. The van der Waals surface area contributed by atoms with Crippen LogP contribution in [0.1, 0.15) is 21.7 Å². The van der Waals surface area contributed by atoms with E-state index >= 15 is 0 Å². The van der Waals surface area contributed by atoms with Crippen molar-refractivity contribution in [1.82, 2.24) is 14.6 Å². The number of nitrogens with one attached hydrogen (secondary N) is 1. The van der Waals surface area contributed by atoms with Gasteiger partial charge in [0.05, 0.1) is 4.90 Å². The van der Waals surface area contributed by atoms with Gasteiger partial charge in [0.2, 0.25) is 21.6 Å².